The van der Waals surface area contributed by atoms with Crippen molar-refractivity contribution in [1.82, 2.24) is 4.90 Å². The Morgan fingerprint density at radius 2 is 2.00 bits per heavy atom. The van der Waals surface area contributed by atoms with E-state index in [1.807, 2.05) is 4.90 Å². The molecule has 2 atom stereocenters. The Labute approximate surface area is 110 Å². The Balaban J connectivity index is 2.06. The third-order valence-corrected chi connectivity index (χ3v) is 6.33. The van der Waals surface area contributed by atoms with Crippen LogP contribution < -0.4 is 0 Å². The normalized spacial score (nSPS) is 32.2. The van der Waals surface area contributed by atoms with E-state index in [2.05, 4.69) is 19.6 Å². The van der Waals surface area contributed by atoms with Crippen LogP contribution in [0.4, 0.5) is 4.79 Å². The van der Waals surface area contributed by atoms with Gasteiger partial charge in [-0.15, -0.1) is 0 Å². The predicted octanol–water partition coefficient (Wildman–Crippen LogP) is 3.53. The van der Waals surface area contributed by atoms with Crippen molar-refractivity contribution < 1.29 is 9.53 Å². The average Bonchev–Trinajstić information content (AvgIpc) is 2.56. The number of nitrogens with zero attached hydrogens (tertiary/aromatic N) is 1. The van der Waals surface area contributed by atoms with Crippen molar-refractivity contribution in [3.8, 4) is 0 Å². The summed E-state index contributed by atoms with van der Waals surface area (Å²) in [4.78, 5) is 14.3. The molecule has 0 N–H and O–H groups in total. The lowest BCUT2D eigenvalue weighted by molar-refractivity contribution is 0.100. The second-order valence-electron chi connectivity index (χ2n) is 6.91. The molecule has 1 amide bonds. The Bertz CT molecular complexity index is 411. The van der Waals surface area contributed by atoms with Crippen LogP contribution in [-0.4, -0.2) is 31.7 Å². The van der Waals surface area contributed by atoms with Gasteiger partial charge in [-0.2, -0.15) is 0 Å². The Morgan fingerprint density at radius 3 is 2.72 bits per heavy atom. The zero-order chi connectivity index (χ0) is 12.9. The second-order valence-corrected chi connectivity index (χ2v) is 11.9. The molecule has 1 aliphatic carbocycles. The third-order valence-electron chi connectivity index (χ3n) is 4.54. The van der Waals surface area contributed by atoms with Crippen molar-refractivity contribution in [2.24, 2.45) is 5.92 Å². The van der Waals surface area contributed by atoms with Crippen molar-refractivity contribution in [2.45, 2.75) is 57.8 Å². The largest absolute Gasteiger partial charge is 0.420 e. The Hall–Kier alpha value is -0.773. The molecule has 4 heteroatoms. The molecule has 0 aromatic rings. The van der Waals surface area contributed by atoms with E-state index in [4.69, 9.17) is 4.74 Å². The maximum Gasteiger partial charge on any atom is 0.415 e. The molecule has 2 fully saturated rings. The number of rotatable bonds is 1. The lowest BCUT2D eigenvalue weighted by Gasteiger charge is -2.39. The molecule has 3 aliphatic rings. The van der Waals surface area contributed by atoms with Crippen LogP contribution in [-0.2, 0) is 4.74 Å². The average molecular weight is 265 g/mol. The van der Waals surface area contributed by atoms with E-state index in [1.165, 1.54) is 24.8 Å². The highest BCUT2D eigenvalue weighted by Crippen LogP contribution is 2.45. The van der Waals surface area contributed by atoms with E-state index < -0.39 is 8.07 Å². The molecule has 2 heterocycles. The molecule has 1 saturated heterocycles. The van der Waals surface area contributed by atoms with Gasteiger partial charge in [-0.3, -0.25) is 0 Å². The number of carbonyl (C=O) groups is 1. The summed E-state index contributed by atoms with van der Waals surface area (Å²) < 4.78 is 5.73. The van der Waals surface area contributed by atoms with E-state index in [0.29, 0.717) is 12.0 Å². The summed E-state index contributed by atoms with van der Waals surface area (Å²) in [7, 11) is -1.54. The van der Waals surface area contributed by atoms with Crippen LogP contribution in [0.2, 0.25) is 19.6 Å². The standard InChI is InChI=1S/C14H23NO2Si/c1-18(2,3)13-11-8-7-10-6-4-5-9-15(12(10)11)14(16)17-13/h10,12H,4-9H2,1-3H3/t10-,12+/m0/s1. The van der Waals surface area contributed by atoms with Crippen LogP contribution in [0.25, 0.3) is 0 Å². The monoisotopic (exact) mass is 265 g/mol. The minimum Gasteiger partial charge on any atom is -0.420 e. The first-order chi connectivity index (χ1) is 8.48. The van der Waals surface area contributed by atoms with Gasteiger partial charge in [-0.1, -0.05) is 26.1 Å². The van der Waals surface area contributed by atoms with Crippen LogP contribution in [0.5, 0.6) is 0 Å². The smallest absolute Gasteiger partial charge is 0.415 e. The molecule has 2 aliphatic heterocycles. The van der Waals surface area contributed by atoms with Gasteiger partial charge in [0.2, 0.25) is 0 Å². The lowest BCUT2D eigenvalue weighted by Crippen LogP contribution is -2.49. The summed E-state index contributed by atoms with van der Waals surface area (Å²) in [5, 5.41) is 1.10. The summed E-state index contributed by atoms with van der Waals surface area (Å²) in [5.74, 6) is 0.696. The molecule has 0 aromatic heterocycles. The van der Waals surface area contributed by atoms with Crippen molar-refractivity contribution in [3.63, 3.8) is 0 Å². The maximum atomic E-state index is 12.2. The van der Waals surface area contributed by atoms with Gasteiger partial charge in [0.15, 0.2) is 0 Å². The van der Waals surface area contributed by atoms with E-state index in [1.54, 1.807) is 0 Å². The van der Waals surface area contributed by atoms with Crippen molar-refractivity contribution in [3.05, 3.63) is 11.0 Å². The summed E-state index contributed by atoms with van der Waals surface area (Å²) in [6, 6.07) is 0.385. The zero-order valence-electron chi connectivity index (χ0n) is 11.7. The van der Waals surface area contributed by atoms with E-state index in [9.17, 15) is 4.79 Å². The van der Waals surface area contributed by atoms with Crippen LogP contribution >= 0.6 is 0 Å². The topological polar surface area (TPSA) is 29.5 Å². The third kappa shape index (κ3) is 1.81. The van der Waals surface area contributed by atoms with Crippen molar-refractivity contribution in [1.29, 1.82) is 0 Å². The van der Waals surface area contributed by atoms with E-state index in [0.717, 1.165) is 24.8 Å². The van der Waals surface area contributed by atoms with Crippen LogP contribution in [0.1, 0.15) is 32.1 Å². The molecule has 0 unspecified atom stereocenters. The van der Waals surface area contributed by atoms with Crippen LogP contribution in [0.15, 0.2) is 11.0 Å². The molecule has 18 heavy (non-hydrogen) atoms. The minimum atomic E-state index is -1.54. The zero-order valence-corrected chi connectivity index (χ0v) is 12.7. The molecule has 100 valence electrons. The highest BCUT2D eigenvalue weighted by atomic mass is 28.3. The molecular weight excluding hydrogens is 242 g/mol. The van der Waals surface area contributed by atoms with Gasteiger partial charge in [0.25, 0.3) is 0 Å². The summed E-state index contributed by atoms with van der Waals surface area (Å²) in [6.45, 7) is 7.73. The number of hydrogen-bond acceptors (Lipinski definition) is 2. The van der Waals surface area contributed by atoms with E-state index >= 15 is 0 Å². The molecule has 1 saturated carbocycles. The first-order valence-electron chi connectivity index (χ1n) is 7.20. The summed E-state index contributed by atoms with van der Waals surface area (Å²) in [6.07, 6.45) is 6.02. The molecule has 0 spiro atoms. The molecule has 3 rings (SSSR count). The molecule has 0 aromatic carbocycles. The quantitative estimate of drug-likeness (QED) is 0.679. The van der Waals surface area contributed by atoms with Gasteiger partial charge >= 0.3 is 6.09 Å². The highest BCUT2D eigenvalue weighted by molar-refractivity contribution is 6.82. The highest BCUT2D eigenvalue weighted by Gasteiger charge is 2.47. The fourth-order valence-electron chi connectivity index (χ4n) is 3.80. The molecule has 0 radical (unpaired) electrons. The Kier molecular flexibility index (Phi) is 2.81. The van der Waals surface area contributed by atoms with Crippen molar-refractivity contribution in [2.75, 3.05) is 6.54 Å². The van der Waals surface area contributed by atoms with E-state index in [-0.39, 0.29) is 6.09 Å². The van der Waals surface area contributed by atoms with Gasteiger partial charge in [0.1, 0.15) is 8.07 Å². The number of amides is 1. The van der Waals surface area contributed by atoms with Gasteiger partial charge < -0.3 is 9.64 Å². The predicted molar refractivity (Wildman–Crippen MR) is 73.9 cm³/mol. The van der Waals surface area contributed by atoms with Crippen LogP contribution in [0.3, 0.4) is 0 Å². The molecular formula is C14H23NO2Si. The van der Waals surface area contributed by atoms with Gasteiger partial charge in [0, 0.05) is 6.54 Å². The fourth-order valence-corrected chi connectivity index (χ4v) is 5.43. The minimum absolute atomic E-state index is 0.0741. The number of hydrogen-bond donors (Lipinski definition) is 0. The lowest BCUT2D eigenvalue weighted by atomic mass is 9.97. The number of carbonyl (C=O) groups excluding carboxylic acids is 1. The number of ether oxygens (including phenoxy) is 1. The first-order valence-corrected chi connectivity index (χ1v) is 10.7. The molecule has 0 bridgehead atoms. The maximum absolute atomic E-state index is 12.2. The summed E-state index contributed by atoms with van der Waals surface area (Å²) in [5.41, 5.74) is 1.47. The SMILES string of the molecule is C[Si](C)(C)C1=C2CC[C@@H]3CCCCN(C(=O)O1)[C@@H]23. The fraction of sp³-hybridized carbons (Fsp3) is 0.786. The van der Waals surface area contributed by atoms with Gasteiger partial charge in [0.05, 0.1) is 11.4 Å². The first kappa shape index (κ1) is 12.3. The van der Waals surface area contributed by atoms with Gasteiger partial charge in [-0.05, 0) is 37.2 Å². The van der Waals surface area contributed by atoms with Gasteiger partial charge in [-0.25, -0.2) is 4.79 Å². The second kappa shape index (κ2) is 4.12. The number of cyclic esters (lactones) is 1. The van der Waals surface area contributed by atoms with Crippen molar-refractivity contribution >= 4 is 14.2 Å². The Morgan fingerprint density at radius 1 is 1.22 bits per heavy atom. The molecule has 3 nitrogen and oxygen atoms in total. The summed E-state index contributed by atoms with van der Waals surface area (Å²) >= 11 is 0. The van der Waals surface area contributed by atoms with Crippen LogP contribution in [0, 0.1) is 5.92 Å².